The van der Waals surface area contributed by atoms with Crippen LogP contribution in [0.5, 0.6) is 0 Å². The zero-order valence-corrected chi connectivity index (χ0v) is 14.5. The Labute approximate surface area is 154 Å². The molecule has 0 atom stereocenters. The van der Waals surface area contributed by atoms with E-state index in [0.29, 0.717) is 0 Å². The fourth-order valence-corrected chi connectivity index (χ4v) is 4.39. The summed E-state index contributed by atoms with van der Waals surface area (Å²) in [5.74, 6) is 0. The molecule has 0 bridgehead atoms. The van der Waals surface area contributed by atoms with Gasteiger partial charge >= 0.3 is 0 Å². The molecule has 0 aliphatic heterocycles. The first-order valence-electron chi connectivity index (χ1n) is 8.65. The van der Waals surface area contributed by atoms with Crippen LogP contribution < -0.4 is 0 Å². The van der Waals surface area contributed by atoms with Crippen molar-refractivity contribution in [3.63, 3.8) is 0 Å². The molecule has 0 aliphatic carbocycles. The van der Waals surface area contributed by atoms with Crippen LogP contribution in [0.25, 0.3) is 54.3 Å². The summed E-state index contributed by atoms with van der Waals surface area (Å²) in [4.78, 5) is 0. The fraction of sp³-hybridized carbons (Fsp3) is 0. The van der Waals surface area contributed by atoms with Gasteiger partial charge < -0.3 is 4.42 Å². The third kappa shape index (κ3) is 1.76. The standard InChI is InChI=1S/C24H13ClO/c25-20-13-21-23(22-16-7-3-1-5-14(16)9-11-18(20)22)19-12-10-15-6-2-4-8-17(15)24(19)26-21/h1-13H. The molecule has 1 aromatic heterocycles. The third-order valence-electron chi connectivity index (χ3n) is 5.30. The predicted molar refractivity (Wildman–Crippen MR) is 111 cm³/mol. The summed E-state index contributed by atoms with van der Waals surface area (Å²) < 4.78 is 6.32. The largest absolute Gasteiger partial charge is 0.455 e. The van der Waals surface area contributed by atoms with Crippen LogP contribution in [0.1, 0.15) is 0 Å². The summed E-state index contributed by atoms with van der Waals surface area (Å²) in [7, 11) is 0. The minimum absolute atomic E-state index is 0.724. The lowest BCUT2D eigenvalue weighted by Gasteiger charge is -2.07. The maximum atomic E-state index is 6.62. The van der Waals surface area contributed by atoms with Gasteiger partial charge in [0.1, 0.15) is 11.2 Å². The summed E-state index contributed by atoms with van der Waals surface area (Å²) in [5, 5.41) is 9.95. The van der Waals surface area contributed by atoms with Gasteiger partial charge in [-0.3, -0.25) is 0 Å². The van der Waals surface area contributed by atoms with E-state index in [0.717, 1.165) is 37.7 Å². The Kier molecular flexibility index (Phi) is 2.72. The first-order chi connectivity index (χ1) is 12.8. The van der Waals surface area contributed by atoms with Crippen molar-refractivity contribution in [2.45, 2.75) is 0 Å². The number of hydrogen-bond donors (Lipinski definition) is 0. The van der Waals surface area contributed by atoms with E-state index in [-0.39, 0.29) is 0 Å². The molecule has 26 heavy (non-hydrogen) atoms. The van der Waals surface area contributed by atoms with E-state index in [1.165, 1.54) is 21.5 Å². The lowest BCUT2D eigenvalue weighted by atomic mass is 9.97. The Morgan fingerprint density at radius 3 is 2.04 bits per heavy atom. The van der Waals surface area contributed by atoms with Crippen molar-refractivity contribution in [3.05, 3.63) is 83.9 Å². The average molecular weight is 353 g/mol. The molecule has 0 spiro atoms. The van der Waals surface area contributed by atoms with E-state index in [4.69, 9.17) is 16.0 Å². The molecular weight excluding hydrogens is 340 g/mol. The first-order valence-corrected chi connectivity index (χ1v) is 9.03. The Bertz CT molecular complexity index is 1490. The molecule has 0 saturated carbocycles. The molecule has 0 amide bonds. The van der Waals surface area contributed by atoms with Gasteiger partial charge in [-0.15, -0.1) is 0 Å². The highest BCUT2D eigenvalue weighted by Gasteiger charge is 2.16. The van der Waals surface area contributed by atoms with Gasteiger partial charge in [-0.25, -0.2) is 0 Å². The van der Waals surface area contributed by atoms with Gasteiger partial charge in [-0.1, -0.05) is 78.3 Å². The van der Waals surface area contributed by atoms with Gasteiger partial charge in [-0.2, -0.15) is 0 Å². The van der Waals surface area contributed by atoms with Gasteiger partial charge in [0.25, 0.3) is 0 Å². The SMILES string of the molecule is Clc1cc2oc3c4ccccc4ccc3c2c2c1ccc1ccccc12. The quantitative estimate of drug-likeness (QED) is 0.255. The molecule has 0 aliphatic rings. The van der Waals surface area contributed by atoms with E-state index >= 15 is 0 Å². The van der Waals surface area contributed by atoms with Gasteiger partial charge in [0.2, 0.25) is 0 Å². The number of hydrogen-bond acceptors (Lipinski definition) is 1. The second-order valence-electron chi connectivity index (χ2n) is 6.71. The average Bonchev–Trinajstić information content (AvgIpc) is 3.06. The van der Waals surface area contributed by atoms with Crippen LogP contribution in [-0.4, -0.2) is 0 Å². The molecule has 0 fully saturated rings. The van der Waals surface area contributed by atoms with Crippen molar-refractivity contribution >= 4 is 65.9 Å². The molecule has 6 aromatic rings. The summed E-state index contributed by atoms with van der Waals surface area (Å²) in [6.45, 7) is 0. The number of benzene rings is 5. The summed E-state index contributed by atoms with van der Waals surface area (Å²) in [6.07, 6.45) is 0. The number of rotatable bonds is 0. The van der Waals surface area contributed by atoms with Crippen LogP contribution in [-0.2, 0) is 0 Å². The number of fused-ring (bicyclic) bond motifs is 9. The van der Waals surface area contributed by atoms with Crippen LogP contribution in [0.4, 0.5) is 0 Å². The molecule has 1 nitrogen and oxygen atoms in total. The Hall–Kier alpha value is -3.03. The number of halogens is 1. The van der Waals surface area contributed by atoms with Crippen LogP contribution in [0, 0.1) is 0 Å². The number of furan rings is 1. The van der Waals surface area contributed by atoms with Crippen molar-refractivity contribution < 1.29 is 4.42 Å². The predicted octanol–water partition coefficient (Wildman–Crippen LogP) is 7.70. The van der Waals surface area contributed by atoms with Crippen molar-refractivity contribution in [2.24, 2.45) is 0 Å². The highest BCUT2D eigenvalue weighted by Crippen LogP contribution is 2.42. The maximum Gasteiger partial charge on any atom is 0.143 e. The van der Waals surface area contributed by atoms with Gasteiger partial charge in [0.15, 0.2) is 0 Å². The molecular formula is C24H13ClO. The molecule has 0 radical (unpaired) electrons. The highest BCUT2D eigenvalue weighted by atomic mass is 35.5. The van der Waals surface area contributed by atoms with Crippen LogP contribution in [0.2, 0.25) is 5.02 Å². The van der Waals surface area contributed by atoms with Crippen molar-refractivity contribution in [2.75, 3.05) is 0 Å². The smallest absolute Gasteiger partial charge is 0.143 e. The molecule has 5 aromatic carbocycles. The second-order valence-corrected chi connectivity index (χ2v) is 7.11. The molecule has 0 N–H and O–H groups in total. The van der Waals surface area contributed by atoms with Gasteiger partial charge in [0, 0.05) is 33.0 Å². The summed E-state index contributed by atoms with van der Waals surface area (Å²) in [5.41, 5.74) is 1.76. The normalized spacial score (nSPS) is 12.0. The third-order valence-corrected chi connectivity index (χ3v) is 5.61. The molecule has 2 heteroatoms. The summed E-state index contributed by atoms with van der Waals surface area (Å²) >= 11 is 6.62. The van der Waals surface area contributed by atoms with Crippen molar-refractivity contribution in [3.8, 4) is 0 Å². The van der Waals surface area contributed by atoms with Crippen LogP contribution in [0.3, 0.4) is 0 Å². The van der Waals surface area contributed by atoms with Crippen molar-refractivity contribution in [1.82, 2.24) is 0 Å². The molecule has 122 valence electrons. The topological polar surface area (TPSA) is 13.1 Å². The lowest BCUT2D eigenvalue weighted by Crippen LogP contribution is -1.81. The molecule has 0 unspecified atom stereocenters. The van der Waals surface area contributed by atoms with Gasteiger partial charge in [0.05, 0.1) is 5.02 Å². The van der Waals surface area contributed by atoms with Crippen molar-refractivity contribution in [1.29, 1.82) is 0 Å². The van der Waals surface area contributed by atoms with E-state index in [1.54, 1.807) is 0 Å². The van der Waals surface area contributed by atoms with E-state index in [9.17, 15) is 0 Å². The minimum Gasteiger partial charge on any atom is -0.455 e. The lowest BCUT2D eigenvalue weighted by molar-refractivity contribution is 0.673. The van der Waals surface area contributed by atoms with E-state index < -0.39 is 0 Å². The maximum absolute atomic E-state index is 6.62. The molecule has 1 heterocycles. The zero-order chi connectivity index (χ0) is 17.3. The van der Waals surface area contributed by atoms with E-state index in [1.807, 2.05) is 6.07 Å². The van der Waals surface area contributed by atoms with Gasteiger partial charge in [-0.05, 0) is 22.2 Å². The Morgan fingerprint density at radius 2 is 1.23 bits per heavy atom. The first kappa shape index (κ1) is 14.2. The second kappa shape index (κ2) is 5.00. The highest BCUT2D eigenvalue weighted by molar-refractivity contribution is 6.40. The monoisotopic (exact) mass is 352 g/mol. The fourth-order valence-electron chi connectivity index (χ4n) is 4.14. The Morgan fingerprint density at radius 1 is 0.577 bits per heavy atom. The molecule has 0 saturated heterocycles. The Balaban J connectivity index is 1.97. The minimum atomic E-state index is 0.724. The zero-order valence-electron chi connectivity index (χ0n) is 13.8. The van der Waals surface area contributed by atoms with E-state index in [2.05, 4.69) is 72.8 Å². The van der Waals surface area contributed by atoms with Crippen LogP contribution >= 0.6 is 11.6 Å². The van der Waals surface area contributed by atoms with Crippen LogP contribution in [0.15, 0.2) is 83.3 Å². The summed E-state index contributed by atoms with van der Waals surface area (Å²) in [6, 6.07) is 27.3. The molecule has 6 rings (SSSR count).